The largest absolute Gasteiger partial charge is 0.316 e. The Morgan fingerprint density at radius 2 is 2.25 bits per heavy atom. The number of hydrogen-bond donors (Lipinski definition) is 1. The first-order valence-electron chi connectivity index (χ1n) is 4.95. The number of hydrogen-bond acceptors (Lipinski definition) is 1. The van der Waals surface area contributed by atoms with E-state index in [-0.39, 0.29) is 0 Å². The van der Waals surface area contributed by atoms with Gasteiger partial charge in [0.2, 0.25) is 0 Å². The van der Waals surface area contributed by atoms with Crippen molar-refractivity contribution in [3.8, 4) is 12.3 Å². The summed E-state index contributed by atoms with van der Waals surface area (Å²) < 4.78 is 0. The number of rotatable bonds is 7. The van der Waals surface area contributed by atoms with Crippen LogP contribution in [0.15, 0.2) is 0 Å². The Balaban J connectivity index is 3.04. The summed E-state index contributed by atoms with van der Waals surface area (Å²) in [4.78, 5) is 0. The van der Waals surface area contributed by atoms with Crippen molar-refractivity contribution in [1.82, 2.24) is 5.32 Å². The summed E-state index contributed by atoms with van der Waals surface area (Å²) in [5, 5.41) is 3.41. The highest BCUT2D eigenvalue weighted by Crippen LogP contribution is 2.02. The summed E-state index contributed by atoms with van der Waals surface area (Å²) in [6.07, 6.45) is 9.75. The molecule has 12 heavy (non-hydrogen) atoms. The Morgan fingerprint density at radius 3 is 2.83 bits per heavy atom. The predicted octanol–water partition coefficient (Wildman–Crippen LogP) is 2.43. The molecule has 1 nitrogen and oxygen atoms in total. The van der Waals surface area contributed by atoms with Crippen molar-refractivity contribution >= 4 is 0 Å². The molecule has 0 aromatic rings. The molecule has 0 saturated carbocycles. The molecule has 0 aliphatic carbocycles. The smallest absolute Gasteiger partial charge is 0.00981 e. The van der Waals surface area contributed by atoms with Crippen LogP contribution < -0.4 is 5.32 Å². The maximum absolute atomic E-state index is 5.14. The minimum Gasteiger partial charge on any atom is -0.316 e. The van der Waals surface area contributed by atoms with Gasteiger partial charge >= 0.3 is 0 Å². The number of terminal acetylenes is 1. The minimum atomic E-state index is 0.806. The molecule has 0 aliphatic rings. The normalized spacial score (nSPS) is 12.4. The lowest BCUT2D eigenvalue weighted by Gasteiger charge is -2.10. The van der Waals surface area contributed by atoms with Gasteiger partial charge in [0.15, 0.2) is 0 Å². The lowest BCUT2D eigenvalue weighted by atomic mass is 10.1. The van der Waals surface area contributed by atoms with Crippen LogP contribution in [-0.4, -0.2) is 13.1 Å². The van der Waals surface area contributed by atoms with Crippen LogP contribution in [0.1, 0.15) is 39.5 Å². The second kappa shape index (κ2) is 8.62. The molecule has 1 unspecified atom stereocenters. The van der Waals surface area contributed by atoms with Gasteiger partial charge in [-0.2, -0.15) is 0 Å². The molecule has 0 aliphatic heterocycles. The molecular weight excluding hydrogens is 146 g/mol. The Hall–Kier alpha value is -0.480. The van der Waals surface area contributed by atoms with Crippen molar-refractivity contribution in [2.75, 3.05) is 13.1 Å². The molecule has 0 heterocycles. The average molecular weight is 167 g/mol. The molecule has 1 N–H and O–H groups in total. The van der Waals surface area contributed by atoms with E-state index in [2.05, 4.69) is 25.1 Å². The summed E-state index contributed by atoms with van der Waals surface area (Å²) in [6.45, 7) is 6.73. The van der Waals surface area contributed by atoms with Gasteiger partial charge in [0.1, 0.15) is 0 Å². The van der Waals surface area contributed by atoms with Gasteiger partial charge in [-0.3, -0.25) is 0 Å². The van der Waals surface area contributed by atoms with Crippen LogP contribution in [0, 0.1) is 18.3 Å². The van der Waals surface area contributed by atoms with E-state index in [1.807, 2.05) is 0 Å². The third-order valence-electron chi connectivity index (χ3n) is 1.95. The molecule has 0 aromatic carbocycles. The molecule has 0 bridgehead atoms. The molecule has 1 atom stereocenters. The standard InChI is InChI=1S/C11H21N/c1-4-6-7-9-12-10-11(3)8-5-2/h1,11-12H,5-10H2,2-3H3. The molecule has 0 amide bonds. The lowest BCUT2D eigenvalue weighted by molar-refractivity contribution is 0.474. The highest BCUT2D eigenvalue weighted by atomic mass is 14.8. The zero-order valence-electron chi connectivity index (χ0n) is 8.40. The van der Waals surface area contributed by atoms with E-state index in [0.29, 0.717) is 0 Å². The van der Waals surface area contributed by atoms with Gasteiger partial charge in [-0.1, -0.05) is 20.3 Å². The zero-order chi connectivity index (χ0) is 9.23. The number of unbranched alkanes of at least 4 members (excludes halogenated alkanes) is 1. The molecule has 1 heteroatoms. The van der Waals surface area contributed by atoms with Crippen LogP contribution in [0.25, 0.3) is 0 Å². The maximum Gasteiger partial charge on any atom is 0.00981 e. The predicted molar refractivity (Wildman–Crippen MR) is 55.0 cm³/mol. The second-order valence-electron chi connectivity index (χ2n) is 3.41. The van der Waals surface area contributed by atoms with Gasteiger partial charge in [-0.25, -0.2) is 0 Å². The molecule has 0 aromatic heterocycles. The van der Waals surface area contributed by atoms with Gasteiger partial charge in [-0.05, 0) is 31.8 Å². The highest BCUT2D eigenvalue weighted by Gasteiger charge is 1.98. The van der Waals surface area contributed by atoms with Crippen molar-refractivity contribution in [3.05, 3.63) is 0 Å². The Kier molecular flexibility index (Phi) is 8.27. The summed E-state index contributed by atoms with van der Waals surface area (Å²) in [7, 11) is 0. The van der Waals surface area contributed by atoms with Gasteiger partial charge in [0.05, 0.1) is 0 Å². The molecule has 0 saturated heterocycles. The monoisotopic (exact) mass is 167 g/mol. The van der Waals surface area contributed by atoms with Crippen LogP contribution in [-0.2, 0) is 0 Å². The molecule has 70 valence electrons. The summed E-state index contributed by atoms with van der Waals surface area (Å²) in [5.74, 6) is 3.45. The van der Waals surface area contributed by atoms with E-state index in [0.717, 1.165) is 31.8 Å². The van der Waals surface area contributed by atoms with Crippen molar-refractivity contribution in [3.63, 3.8) is 0 Å². The quantitative estimate of drug-likeness (QED) is 0.453. The summed E-state index contributed by atoms with van der Waals surface area (Å²) >= 11 is 0. The number of nitrogens with one attached hydrogen (secondary N) is 1. The Morgan fingerprint density at radius 1 is 1.50 bits per heavy atom. The van der Waals surface area contributed by atoms with Gasteiger partial charge in [0, 0.05) is 6.42 Å². The van der Waals surface area contributed by atoms with Crippen LogP contribution in [0.5, 0.6) is 0 Å². The van der Waals surface area contributed by atoms with Crippen molar-refractivity contribution in [2.24, 2.45) is 5.92 Å². The zero-order valence-corrected chi connectivity index (χ0v) is 8.40. The Labute approximate surface area is 76.9 Å². The SMILES string of the molecule is C#CCCCNCC(C)CCC. The third-order valence-corrected chi connectivity index (χ3v) is 1.95. The first-order chi connectivity index (χ1) is 5.81. The van der Waals surface area contributed by atoms with E-state index in [1.165, 1.54) is 12.8 Å². The lowest BCUT2D eigenvalue weighted by Crippen LogP contribution is -2.22. The van der Waals surface area contributed by atoms with E-state index < -0.39 is 0 Å². The molecule has 0 spiro atoms. The summed E-state index contributed by atoms with van der Waals surface area (Å²) in [5.41, 5.74) is 0. The fourth-order valence-corrected chi connectivity index (χ4v) is 1.26. The van der Waals surface area contributed by atoms with Crippen LogP contribution >= 0.6 is 0 Å². The minimum absolute atomic E-state index is 0.806. The fourth-order valence-electron chi connectivity index (χ4n) is 1.26. The van der Waals surface area contributed by atoms with Crippen molar-refractivity contribution in [2.45, 2.75) is 39.5 Å². The molecular formula is C11H21N. The van der Waals surface area contributed by atoms with Crippen LogP contribution in [0.4, 0.5) is 0 Å². The van der Waals surface area contributed by atoms with Crippen molar-refractivity contribution in [1.29, 1.82) is 0 Å². The highest BCUT2D eigenvalue weighted by molar-refractivity contribution is 4.83. The first-order valence-corrected chi connectivity index (χ1v) is 4.95. The van der Waals surface area contributed by atoms with E-state index in [9.17, 15) is 0 Å². The van der Waals surface area contributed by atoms with Crippen LogP contribution in [0.2, 0.25) is 0 Å². The fraction of sp³-hybridized carbons (Fsp3) is 0.818. The Bertz CT molecular complexity index is 123. The van der Waals surface area contributed by atoms with Gasteiger partial charge in [0.25, 0.3) is 0 Å². The van der Waals surface area contributed by atoms with Gasteiger partial charge < -0.3 is 5.32 Å². The van der Waals surface area contributed by atoms with E-state index in [1.54, 1.807) is 0 Å². The van der Waals surface area contributed by atoms with Crippen LogP contribution in [0.3, 0.4) is 0 Å². The topological polar surface area (TPSA) is 12.0 Å². The second-order valence-corrected chi connectivity index (χ2v) is 3.41. The average Bonchev–Trinajstić information content (AvgIpc) is 2.05. The summed E-state index contributed by atoms with van der Waals surface area (Å²) in [6, 6.07) is 0. The molecule has 0 radical (unpaired) electrons. The maximum atomic E-state index is 5.14. The van der Waals surface area contributed by atoms with E-state index >= 15 is 0 Å². The molecule has 0 rings (SSSR count). The van der Waals surface area contributed by atoms with E-state index in [4.69, 9.17) is 6.42 Å². The third kappa shape index (κ3) is 7.63. The van der Waals surface area contributed by atoms with Gasteiger partial charge in [-0.15, -0.1) is 12.3 Å². The first kappa shape index (κ1) is 11.5. The molecule has 0 fully saturated rings. The van der Waals surface area contributed by atoms with Crippen molar-refractivity contribution < 1.29 is 0 Å².